The van der Waals surface area contributed by atoms with Crippen molar-refractivity contribution in [3.63, 3.8) is 0 Å². The van der Waals surface area contributed by atoms with Crippen molar-refractivity contribution in [1.29, 1.82) is 0 Å². The predicted octanol–water partition coefficient (Wildman–Crippen LogP) is 0.308. The number of nitrogens with zero attached hydrogens (tertiary/aromatic N) is 2. The van der Waals surface area contributed by atoms with E-state index in [1.165, 1.54) is 6.07 Å². The summed E-state index contributed by atoms with van der Waals surface area (Å²) in [5, 5.41) is 3.07. The molecule has 2 fully saturated rings. The van der Waals surface area contributed by atoms with Gasteiger partial charge in [-0.15, -0.1) is 0 Å². The molecule has 0 aromatic carbocycles. The number of aromatic nitrogens is 2. The Labute approximate surface area is 122 Å². The molecule has 0 spiro atoms. The monoisotopic (exact) mass is 292 g/mol. The molecule has 114 valence electrons. The summed E-state index contributed by atoms with van der Waals surface area (Å²) in [6.45, 7) is 3.03. The first-order chi connectivity index (χ1) is 10.2. The zero-order valence-corrected chi connectivity index (χ0v) is 11.9. The highest BCUT2D eigenvalue weighted by atomic mass is 16.5. The molecule has 1 aliphatic carbocycles. The van der Waals surface area contributed by atoms with Crippen molar-refractivity contribution in [3.05, 3.63) is 22.2 Å². The van der Waals surface area contributed by atoms with Crippen LogP contribution in [-0.4, -0.2) is 53.6 Å². The number of hydrogen-bond acceptors (Lipinski definition) is 5. The van der Waals surface area contributed by atoms with Gasteiger partial charge in [-0.25, -0.2) is 4.98 Å². The van der Waals surface area contributed by atoms with E-state index in [2.05, 4.69) is 15.3 Å². The van der Waals surface area contributed by atoms with Gasteiger partial charge in [0.15, 0.2) is 0 Å². The van der Waals surface area contributed by atoms with Gasteiger partial charge in [0.2, 0.25) is 5.91 Å². The molecule has 0 radical (unpaired) electrons. The molecule has 1 aromatic rings. The Kier molecular flexibility index (Phi) is 4.19. The van der Waals surface area contributed by atoms with E-state index in [-0.39, 0.29) is 11.5 Å². The van der Waals surface area contributed by atoms with Crippen LogP contribution in [0.5, 0.6) is 0 Å². The van der Waals surface area contributed by atoms with Crippen LogP contribution in [0.3, 0.4) is 0 Å². The van der Waals surface area contributed by atoms with E-state index in [1.54, 1.807) is 0 Å². The first-order valence-electron chi connectivity index (χ1n) is 7.43. The highest BCUT2D eigenvalue weighted by Gasteiger charge is 2.26. The predicted molar refractivity (Wildman–Crippen MR) is 77.3 cm³/mol. The molecule has 1 saturated carbocycles. The summed E-state index contributed by atoms with van der Waals surface area (Å²) < 4.78 is 5.22. The Morgan fingerprint density at radius 2 is 2.19 bits per heavy atom. The number of ether oxygens (including phenoxy) is 1. The van der Waals surface area contributed by atoms with Crippen molar-refractivity contribution >= 4 is 11.7 Å². The van der Waals surface area contributed by atoms with Gasteiger partial charge in [0.1, 0.15) is 11.6 Å². The number of rotatable bonds is 5. The third-order valence-electron chi connectivity index (χ3n) is 3.73. The number of carbonyl (C=O) groups is 1. The summed E-state index contributed by atoms with van der Waals surface area (Å²) in [4.78, 5) is 32.5. The van der Waals surface area contributed by atoms with Crippen molar-refractivity contribution in [3.8, 4) is 0 Å². The Bertz CT molecular complexity index is 562. The summed E-state index contributed by atoms with van der Waals surface area (Å²) in [5.74, 6) is 1.81. The summed E-state index contributed by atoms with van der Waals surface area (Å²) in [6, 6.07) is 1.44. The SMILES string of the molecule is O=C(CCNc1cc(=O)[nH]c(C2CC2)n1)N1CCOCC1. The number of aromatic amines is 1. The summed E-state index contributed by atoms with van der Waals surface area (Å²) in [7, 11) is 0. The van der Waals surface area contributed by atoms with Crippen LogP contribution in [0.4, 0.5) is 5.82 Å². The molecule has 1 amide bonds. The molecule has 3 rings (SSSR count). The lowest BCUT2D eigenvalue weighted by Gasteiger charge is -2.26. The molecule has 1 aromatic heterocycles. The molecular formula is C14H20N4O3. The van der Waals surface area contributed by atoms with Crippen LogP contribution < -0.4 is 10.9 Å². The number of H-pyrrole nitrogens is 1. The molecule has 0 unspecified atom stereocenters. The Morgan fingerprint density at radius 1 is 1.43 bits per heavy atom. The fourth-order valence-electron chi connectivity index (χ4n) is 2.39. The van der Waals surface area contributed by atoms with E-state index < -0.39 is 0 Å². The van der Waals surface area contributed by atoms with E-state index in [9.17, 15) is 9.59 Å². The van der Waals surface area contributed by atoms with E-state index in [1.807, 2.05) is 4.90 Å². The number of anilines is 1. The second-order valence-corrected chi connectivity index (χ2v) is 5.46. The highest BCUT2D eigenvalue weighted by Crippen LogP contribution is 2.37. The maximum atomic E-state index is 12.0. The molecule has 2 N–H and O–H groups in total. The number of hydrogen-bond donors (Lipinski definition) is 2. The first-order valence-corrected chi connectivity index (χ1v) is 7.43. The quantitative estimate of drug-likeness (QED) is 0.815. The lowest BCUT2D eigenvalue weighted by Crippen LogP contribution is -2.41. The first kappa shape index (κ1) is 14.1. The Morgan fingerprint density at radius 3 is 2.90 bits per heavy atom. The van der Waals surface area contributed by atoms with Crippen LogP contribution >= 0.6 is 0 Å². The normalized spacial score (nSPS) is 18.6. The summed E-state index contributed by atoms with van der Waals surface area (Å²) in [5.41, 5.74) is -0.145. The molecule has 21 heavy (non-hydrogen) atoms. The lowest BCUT2D eigenvalue weighted by molar-refractivity contribution is -0.134. The molecule has 2 aliphatic rings. The number of nitrogens with one attached hydrogen (secondary N) is 2. The van der Waals surface area contributed by atoms with E-state index in [0.717, 1.165) is 18.7 Å². The van der Waals surface area contributed by atoms with Crippen molar-refractivity contribution in [2.45, 2.75) is 25.2 Å². The summed E-state index contributed by atoms with van der Waals surface area (Å²) >= 11 is 0. The van der Waals surface area contributed by atoms with Gasteiger partial charge in [-0.05, 0) is 12.8 Å². The van der Waals surface area contributed by atoms with Gasteiger partial charge >= 0.3 is 0 Å². The maximum Gasteiger partial charge on any atom is 0.252 e. The Hall–Kier alpha value is -1.89. The average molecular weight is 292 g/mol. The fraction of sp³-hybridized carbons (Fsp3) is 0.643. The molecule has 7 heteroatoms. The van der Waals surface area contributed by atoms with Gasteiger partial charge in [0, 0.05) is 38.0 Å². The minimum absolute atomic E-state index is 0.109. The minimum atomic E-state index is -0.145. The molecule has 1 saturated heterocycles. The molecule has 7 nitrogen and oxygen atoms in total. The molecule has 0 bridgehead atoms. The Balaban J connectivity index is 1.50. The van der Waals surface area contributed by atoms with Gasteiger partial charge in [0.05, 0.1) is 13.2 Å². The third kappa shape index (κ3) is 3.81. The maximum absolute atomic E-state index is 12.0. The van der Waals surface area contributed by atoms with Crippen molar-refractivity contribution < 1.29 is 9.53 Å². The summed E-state index contributed by atoms with van der Waals surface area (Å²) in [6.07, 6.45) is 2.57. The van der Waals surface area contributed by atoms with Crippen LogP contribution in [-0.2, 0) is 9.53 Å². The molecule has 0 atom stereocenters. The van der Waals surface area contributed by atoms with Crippen LogP contribution in [0.1, 0.15) is 31.0 Å². The van der Waals surface area contributed by atoms with Crippen LogP contribution in [0, 0.1) is 0 Å². The van der Waals surface area contributed by atoms with Gasteiger partial charge in [-0.1, -0.05) is 0 Å². The van der Waals surface area contributed by atoms with E-state index in [4.69, 9.17) is 4.74 Å². The second-order valence-electron chi connectivity index (χ2n) is 5.46. The van der Waals surface area contributed by atoms with Crippen molar-refractivity contribution in [2.24, 2.45) is 0 Å². The van der Waals surface area contributed by atoms with E-state index in [0.29, 0.717) is 51.0 Å². The fourth-order valence-corrected chi connectivity index (χ4v) is 2.39. The minimum Gasteiger partial charge on any atom is -0.378 e. The highest BCUT2D eigenvalue weighted by molar-refractivity contribution is 5.76. The molecule has 2 heterocycles. The van der Waals surface area contributed by atoms with Crippen molar-refractivity contribution in [1.82, 2.24) is 14.9 Å². The lowest BCUT2D eigenvalue weighted by atomic mass is 10.3. The topological polar surface area (TPSA) is 87.3 Å². The van der Waals surface area contributed by atoms with Crippen LogP contribution in [0.25, 0.3) is 0 Å². The molecule has 1 aliphatic heterocycles. The number of carbonyl (C=O) groups excluding carboxylic acids is 1. The van der Waals surface area contributed by atoms with Gasteiger partial charge in [0.25, 0.3) is 5.56 Å². The smallest absolute Gasteiger partial charge is 0.252 e. The van der Waals surface area contributed by atoms with Crippen LogP contribution in [0.2, 0.25) is 0 Å². The zero-order valence-electron chi connectivity index (χ0n) is 11.9. The third-order valence-corrected chi connectivity index (χ3v) is 3.73. The largest absolute Gasteiger partial charge is 0.378 e. The van der Waals surface area contributed by atoms with Gasteiger partial charge in [-0.3, -0.25) is 9.59 Å². The van der Waals surface area contributed by atoms with Crippen molar-refractivity contribution in [2.75, 3.05) is 38.2 Å². The zero-order chi connectivity index (χ0) is 14.7. The standard InChI is InChI=1S/C14H20N4O3/c19-12-9-11(16-14(17-12)10-1-2-10)15-4-3-13(20)18-5-7-21-8-6-18/h9-10H,1-8H2,(H2,15,16,17,19). The molecular weight excluding hydrogens is 272 g/mol. The number of amides is 1. The van der Waals surface area contributed by atoms with E-state index >= 15 is 0 Å². The van der Waals surface area contributed by atoms with Gasteiger partial charge in [-0.2, -0.15) is 0 Å². The second kappa shape index (κ2) is 6.26. The van der Waals surface area contributed by atoms with Gasteiger partial charge < -0.3 is 19.9 Å². The number of morpholine rings is 1. The average Bonchev–Trinajstić information content (AvgIpc) is 3.32. The van der Waals surface area contributed by atoms with Crippen LogP contribution in [0.15, 0.2) is 10.9 Å².